The first kappa shape index (κ1) is 32.7. The molecule has 0 aliphatic heterocycles. The zero-order valence-corrected chi connectivity index (χ0v) is 21.5. The van der Waals surface area contributed by atoms with Crippen LogP contribution in [0.5, 0.6) is 0 Å². The molecular weight excluding hydrogens is 633 g/mol. The van der Waals surface area contributed by atoms with Gasteiger partial charge >= 0.3 is 12.4 Å². The number of alkyl halides is 8. The van der Waals surface area contributed by atoms with Crippen LogP contribution in [-0.4, -0.2) is 19.0 Å². The topological polar surface area (TPSA) is 0 Å². The molecule has 4 rings (SSSR count). The SMILES string of the molecule is CC(F)/C(=C(F)\C(F)=C(/CF)C(F)(F)F)c1c2ccccc2c(-c2c(F)c(F)c(C(F)(F)F)c(F)c2F)c2cccc(F)c12. The lowest BCUT2D eigenvalue weighted by atomic mass is 9.83. The molecule has 0 radical (unpaired) electrons. The number of benzene rings is 4. The molecule has 0 spiro atoms. The van der Waals surface area contributed by atoms with Crippen molar-refractivity contribution in [3.05, 3.63) is 99.9 Å². The van der Waals surface area contributed by atoms with E-state index in [1.807, 2.05) is 0 Å². The maximum Gasteiger partial charge on any atom is 0.422 e. The molecule has 0 saturated heterocycles. The van der Waals surface area contributed by atoms with Crippen LogP contribution in [0, 0.1) is 29.1 Å². The average molecular weight is 646 g/mol. The molecule has 1 unspecified atom stereocenters. The van der Waals surface area contributed by atoms with Crippen LogP contribution in [-0.2, 0) is 6.18 Å². The van der Waals surface area contributed by atoms with Gasteiger partial charge in [-0.25, -0.2) is 39.5 Å². The maximum absolute atomic E-state index is 15.5. The van der Waals surface area contributed by atoms with Gasteiger partial charge in [0.2, 0.25) is 0 Å². The Kier molecular flexibility index (Phi) is 8.48. The van der Waals surface area contributed by atoms with E-state index in [9.17, 15) is 43.9 Å². The highest BCUT2D eigenvalue weighted by Crippen LogP contribution is 2.49. The van der Waals surface area contributed by atoms with Gasteiger partial charge in [-0.2, -0.15) is 26.3 Å². The van der Waals surface area contributed by atoms with Gasteiger partial charge in [0, 0.05) is 22.1 Å². The third-order valence-corrected chi connectivity index (χ3v) is 6.63. The number of hydrogen-bond donors (Lipinski definition) is 0. The molecule has 0 amide bonds. The van der Waals surface area contributed by atoms with Crippen molar-refractivity contribution in [2.45, 2.75) is 25.4 Å². The molecule has 44 heavy (non-hydrogen) atoms. The van der Waals surface area contributed by atoms with Crippen molar-refractivity contribution < 1.29 is 65.9 Å². The molecule has 0 saturated carbocycles. The summed E-state index contributed by atoms with van der Waals surface area (Å²) in [6.07, 6.45) is -14.5. The third-order valence-electron chi connectivity index (χ3n) is 6.63. The monoisotopic (exact) mass is 646 g/mol. The summed E-state index contributed by atoms with van der Waals surface area (Å²) in [4.78, 5) is 0. The minimum absolute atomic E-state index is 0.486. The van der Waals surface area contributed by atoms with Crippen molar-refractivity contribution in [2.24, 2.45) is 0 Å². The fraction of sp³-hybridized carbons (Fsp3) is 0.172. The predicted molar refractivity (Wildman–Crippen MR) is 130 cm³/mol. The quantitative estimate of drug-likeness (QED) is 0.0876. The summed E-state index contributed by atoms with van der Waals surface area (Å²) in [5.74, 6) is -18.0. The van der Waals surface area contributed by atoms with Crippen LogP contribution in [0.15, 0.2) is 59.7 Å². The van der Waals surface area contributed by atoms with E-state index in [1.54, 1.807) is 0 Å². The van der Waals surface area contributed by atoms with Crippen LogP contribution in [0.3, 0.4) is 0 Å². The Morgan fingerprint density at radius 3 is 1.68 bits per heavy atom. The van der Waals surface area contributed by atoms with Gasteiger partial charge in [-0.15, -0.1) is 0 Å². The second-order valence-corrected chi connectivity index (χ2v) is 9.23. The number of rotatable bonds is 5. The molecular formula is C29H13F15. The van der Waals surface area contributed by atoms with Crippen molar-refractivity contribution in [3.63, 3.8) is 0 Å². The van der Waals surface area contributed by atoms with Crippen LogP contribution >= 0.6 is 0 Å². The first-order valence-electron chi connectivity index (χ1n) is 12.0. The third kappa shape index (κ3) is 5.25. The zero-order valence-electron chi connectivity index (χ0n) is 21.5. The molecule has 0 bridgehead atoms. The van der Waals surface area contributed by atoms with Crippen molar-refractivity contribution >= 4 is 27.1 Å². The maximum atomic E-state index is 15.5. The van der Waals surface area contributed by atoms with E-state index in [-0.39, 0.29) is 0 Å². The fourth-order valence-corrected chi connectivity index (χ4v) is 4.83. The second kappa shape index (κ2) is 11.4. The standard InChI is InChI=1S/C29H13F15/c1-10(31)16(23(34)22(33)14(9-30)28(39,40)41)19-12-6-3-2-5-11(12)17(13-7-4-8-15(32)18(13)19)20-24(35)26(37)21(29(42,43)44)27(38)25(20)36/h2-8,10H,9H2,1H3/b22-14-,23-16-. The highest BCUT2D eigenvalue weighted by molar-refractivity contribution is 6.19. The van der Waals surface area contributed by atoms with Gasteiger partial charge in [0.15, 0.2) is 34.9 Å². The molecule has 0 nitrogen and oxygen atoms in total. The molecule has 0 fully saturated rings. The normalized spacial score (nSPS) is 14.6. The van der Waals surface area contributed by atoms with E-state index >= 15 is 22.0 Å². The summed E-state index contributed by atoms with van der Waals surface area (Å²) < 4.78 is 213. The summed E-state index contributed by atoms with van der Waals surface area (Å²) in [5, 5.41) is -3.30. The molecule has 0 heterocycles. The molecule has 1 atom stereocenters. The number of hydrogen-bond acceptors (Lipinski definition) is 0. The molecule has 0 N–H and O–H groups in total. The zero-order chi connectivity index (χ0) is 33.0. The van der Waals surface area contributed by atoms with E-state index in [4.69, 9.17) is 0 Å². The van der Waals surface area contributed by atoms with E-state index in [0.29, 0.717) is 13.0 Å². The Bertz CT molecular complexity index is 1830. The van der Waals surface area contributed by atoms with Gasteiger partial charge in [0.25, 0.3) is 0 Å². The molecule has 4 aromatic rings. The smallest absolute Gasteiger partial charge is 0.246 e. The van der Waals surface area contributed by atoms with E-state index < -0.39 is 121 Å². The van der Waals surface area contributed by atoms with E-state index in [2.05, 4.69) is 0 Å². The minimum Gasteiger partial charge on any atom is -0.246 e. The summed E-state index contributed by atoms with van der Waals surface area (Å²) in [5.41, 5.74) is -11.1. The first-order chi connectivity index (χ1) is 20.4. The Morgan fingerprint density at radius 1 is 0.682 bits per heavy atom. The second-order valence-electron chi connectivity index (χ2n) is 9.23. The van der Waals surface area contributed by atoms with Crippen LogP contribution in [0.25, 0.3) is 38.2 Å². The molecule has 234 valence electrons. The Balaban J connectivity index is 2.32. The molecule has 0 aliphatic rings. The molecule has 4 aromatic carbocycles. The summed E-state index contributed by atoms with van der Waals surface area (Å²) in [7, 11) is 0. The van der Waals surface area contributed by atoms with Crippen molar-refractivity contribution in [2.75, 3.05) is 6.67 Å². The van der Waals surface area contributed by atoms with Crippen molar-refractivity contribution in [3.8, 4) is 11.1 Å². The first-order valence-corrected chi connectivity index (χ1v) is 12.0. The summed E-state index contributed by atoms with van der Waals surface area (Å²) in [6, 6.07) is 6.01. The Morgan fingerprint density at radius 2 is 1.20 bits per heavy atom. The van der Waals surface area contributed by atoms with Gasteiger partial charge in [-0.3, -0.25) is 0 Å². The highest BCUT2D eigenvalue weighted by Gasteiger charge is 2.43. The lowest BCUT2D eigenvalue weighted by molar-refractivity contribution is -0.143. The summed E-state index contributed by atoms with van der Waals surface area (Å²) >= 11 is 0. The molecule has 15 heteroatoms. The lowest BCUT2D eigenvalue weighted by Crippen LogP contribution is -2.16. The van der Waals surface area contributed by atoms with Crippen molar-refractivity contribution in [1.29, 1.82) is 0 Å². The van der Waals surface area contributed by atoms with Gasteiger partial charge in [0.05, 0.1) is 5.56 Å². The Hall–Kier alpha value is -4.17. The van der Waals surface area contributed by atoms with Crippen LogP contribution < -0.4 is 0 Å². The van der Waals surface area contributed by atoms with E-state index in [0.717, 1.165) is 36.4 Å². The van der Waals surface area contributed by atoms with Gasteiger partial charge < -0.3 is 0 Å². The molecule has 0 aliphatic carbocycles. The lowest BCUT2D eigenvalue weighted by Gasteiger charge is -2.22. The summed E-state index contributed by atoms with van der Waals surface area (Å²) in [6.45, 7) is -2.12. The fourth-order valence-electron chi connectivity index (χ4n) is 4.83. The largest absolute Gasteiger partial charge is 0.422 e. The van der Waals surface area contributed by atoms with Crippen LogP contribution in [0.1, 0.15) is 18.1 Å². The van der Waals surface area contributed by atoms with Crippen LogP contribution in [0.2, 0.25) is 0 Å². The number of allylic oxidation sites excluding steroid dienone is 4. The minimum atomic E-state index is -5.92. The van der Waals surface area contributed by atoms with Gasteiger partial charge in [0.1, 0.15) is 29.8 Å². The number of halogens is 15. The highest BCUT2D eigenvalue weighted by atomic mass is 19.4. The van der Waals surface area contributed by atoms with E-state index in [1.165, 1.54) is 0 Å². The van der Waals surface area contributed by atoms with Crippen molar-refractivity contribution in [1.82, 2.24) is 0 Å². The average Bonchev–Trinajstić information content (AvgIpc) is 2.91. The van der Waals surface area contributed by atoms with Gasteiger partial charge in [-0.1, -0.05) is 36.4 Å². The number of fused-ring (bicyclic) bond motifs is 2. The Labute approximate surface area is 236 Å². The molecule has 0 aromatic heterocycles. The predicted octanol–water partition coefficient (Wildman–Crippen LogP) is 11.2. The van der Waals surface area contributed by atoms with Crippen LogP contribution in [0.4, 0.5) is 65.9 Å². The van der Waals surface area contributed by atoms with Gasteiger partial charge in [-0.05, 0) is 29.1 Å².